The number of para-hydroxylation sites is 1. The first-order chi connectivity index (χ1) is 11.6. The van der Waals surface area contributed by atoms with Crippen molar-refractivity contribution in [1.82, 2.24) is 20.1 Å². The minimum Gasteiger partial charge on any atom is -0.355 e. The lowest BCUT2D eigenvalue weighted by Gasteiger charge is -2.10. The molecule has 24 heavy (non-hydrogen) atoms. The van der Waals surface area contributed by atoms with Crippen LogP contribution in [-0.2, 0) is 11.2 Å². The van der Waals surface area contributed by atoms with Crippen LogP contribution in [0, 0.1) is 5.92 Å². The normalized spacial score (nSPS) is 11.0. The first-order valence-corrected chi connectivity index (χ1v) is 9.48. The fourth-order valence-corrected chi connectivity index (χ4v) is 3.20. The second kappa shape index (κ2) is 9.47. The fraction of sp³-hybridized carbons (Fsp3) is 0.500. The Morgan fingerprint density at radius 2 is 2.12 bits per heavy atom. The second-order valence-corrected chi connectivity index (χ2v) is 7.08. The number of rotatable bonds is 9. The second-order valence-electron chi connectivity index (χ2n) is 6.14. The topological polar surface area (TPSA) is 59.8 Å². The molecular weight excluding hydrogens is 320 g/mol. The Balaban J connectivity index is 1.91. The summed E-state index contributed by atoms with van der Waals surface area (Å²) in [7, 11) is 0. The van der Waals surface area contributed by atoms with Crippen LogP contribution in [-0.4, -0.2) is 33.0 Å². The molecule has 0 aliphatic carbocycles. The van der Waals surface area contributed by atoms with Crippen LogP contribution in [0.15, 0.2) is 35.7 Å². The van der Waals surface area contributed by atoms with Crippen molar-refractivity contribution in [2.75, 3.05) is 12.3 Å². The number of aromatic nitrogens is 3. The Morgan fingerprint density at radius 1 is 1.33 bits per heavy atom. The van der Waals surface area contributed by atoms with Gasteiger partial charge in [0.05, 0.1) is 11.4 Å². The molecular formula is C18H26N4OS. The summed E-state index contributed by atoms with van der Waals surface area (Å²) in [5, 5.41) is 11.9. The number of hydrogen-bond acceptors (Lipinski definition) is 4. The van der Waals surface area contributed by atoms with Gasteiger partial charge in [-0.15, -0.1) is 10.2 Å². The summed E-state index contributed by atoms with van der Waals surface area (Å²) < 4.78 is 1.95. The molecule has 1 aromatic heterocycles. The Morgan fingerprint density at radius 3 is 2.88 bits per heavy atom. The van der Waals surface area contributed by atoms with Gasteiger partial charge in [0.2, 0.25) is 5.91 Å². The molecule has 2 aromatic rings. The van der Waals surface area contributed by atoms with E-state index in [-0.39, 0.29) is 5.91 Å². The molecule has 0 saturated heterocycles. The van der Waals surface area contributed by atoms with Gasteiger partial charge in [-0.2, -0.15) is 0 Å². The molecule has 1 amide bonds. The monoisotopic (exact) mass is 346 g/mol. The number of benzene rings is 1. The highest BCUT2D eigenvalue weighted by atomic mass is 32.2. The number of thioether (sulfide) groups is 1. The Bertz CT molecular complexity index is 654. The quantitative estimate of drug-likeness (QED) is 0.558. The molecule has 0 aliphatic heterocycles. The van der Waals surface area contributed by atoms with Gasteiger partial charge in [-0.1, -0.05) is 50.7 Å². The lowest BCUT2D eigenvalue weighted by atomic mass is 10.1. The molecule has 0 fully saturated rings. The zero-order valence-electron chi connectivity index (χ0n) is 14.7. The summed E-state index contributed by atoms with van der Waals surface area (Å²) in [6.45, 7) is 7.25. The van der Waals surface area contributed by atoms with Crippen LogP contribution in [0.1, 0.15) is 39.2 Å². The van der Waals surface area contributed by atoms with E-state index in [1.165, 1.54) is 17.3 Å². The number of nitrogens with zero attached hydrogens (tertiary/aromatic N) is 3. The number of aryl methyl sites for hydroxylation is 1. The first kappa shape index (κ1) is 18.5. The largest absolute Gasteiger partial charge is 0.355 e. The number of amides is 1. The number of carbonyl (C=O) groups excluding carboxylic acids is 1. The van der Waals surface area contributed by atoms with E-state index in [0.717, 1.165) is 36.7 Å². The molecule has 0 bridgehead atoms. The molecule has 0 atom stereocenters. The van der Waals surface area contributed by atoms with Crippen LogP contribution in [0.2, 0.25) is 0 Å². The van der Waals surface area contributed by atoms with Crippen LogP contribution < -0.4 is 5.32 Å². The summed E-state index contributed by atoms with van der Waals surface area (Å²) in [6.07, 6.45) is 4.80. The predicted molar refractivity (Wildman–Crippen MR) is 98.5 cm³/mol. The van der Waals surface area contributed by atoms with Crippen molar-refractivity contribution >= 4 is 17.7 Å². The summed E-state index contributed by atoms with van der Waals surface area (Å²) >= 11 is 1.42. The standard InChI is InChI=1S/C18H26N4OS/c1-4-15-9-5-6-10-16(15)22-13-20-21-18(22)24-12-17(23)19-11-7-8-14(2)3/h5-6,9-10,13-14H,4,7-8,11-12H2,1-3H3,(H,19,23). The smallest absolute Gasteiger partial charge is 0.230 e. The van der Waals surface area contributed by atoms with Crippen molar-refractivity contribution < 1.29 is 4.79 Å². The highest BCUT2D eigenvalue weighted by Gasteiger charge is 2.12. The van der Waals surface area contributed by atoms with Gasteiger partial charge in [0.25, 0.3) is 0 Å². The van der Waals surface area contributed by atoms with Crippen molar-refractivity contribution in [2.45, 2.75) is 45.2 Å². The van der Waals surface area contributed by atoms with Crippen LogP contribution in [0.3, 0.4) is 0 Å². The average molecular weight is 347 g/mol. The van der Waals surface area contributed by atoms with Gasteiger partial charge in [0.1, 0.15) is 6.33 Å². The first-order valence-electron chi connectivity index (χ1n) is 8.49. The van der Waals surface area contributed by atoms with E-state index in [1.54, 1.807) is 6.33 Å². The average Bonchev–Trinajstić information content (AvgIpc) is 3.05. The summed E-state index contributed by atoms with van der Waals surface area (Å²) in [4.78, 5) is 12.0. The van der Waals surface area contributed by atoms with Gasteiger partial charge in [0.15, 0.2) is 5.16 Å². The summed E-state index contributed by atoms with van der Waals surface area (Å²) in [5.41, 5.74) is 2.31. The van der Waals surface area contributed by atoms with E-state index in [9.17, 15) is 4.79 Å². The lowest BCUT2D eigenvalue weighted by Crippen LogP contribution is -2.26. The van der Waals surface area contributed by atoms with Crippen molar-refractivity contribution in [1.29, 1.82) is 0 Å². The van der Waals surface area contributed by atoms with E-state index in [4.69, 9.17) is 0 Å². The highest BCUT2D eigenvalue weighted by Crippen LogP contribution is 2.22. The fourth-order valence-electron chi connectivity index (χ4n) is 2.45. The molecule has 0 radical (unpaired) electrons. The molecule has 1 N–H and O–H groups in total. The van der Waals surface area contributed by atoms with Gasteiger partial charge < -0.3 is 5.32 Å². The van der Waals surface area contributed by atoms with Crippen LogP contribution in [0.4, 0.5) is 0 Å². The minimum absolute atomic E-state index is 0.0436. The van der Waals surface area contributed by atoms with Gasteiger partial charge in [-0.25, -0.2) is 0 Å². The maximum absolute atomic E-state index is 12.0. The van der Waals surface area contributed by atoms with Crippen molar-refractivity contribution in [3.05, 3.63) is 36.2 Å². The third kappa shape index (κ3) is 5.37. The van der Waals surface area contributed by atoms with E-state index < -0.39 is 0 Å². The molecule has 1 aromatic carbocycles. The van der Waals surface area contributed by atoms with Crippen molar-refractivity contribution in [3.8, 4) is 5.69 Å². The lowest BCUT2D eigenvalue weighted by molar-refractivity contribution is -0.118. The number of nitrogens with one attached hydrogen (secondary N) is 1. The molecule has 0 unspecified atom stereocenters. The number of carbonyl (C=O) groups is 1. The van der Waals surface area contributed by atoms with Gasteiger partial charge >= 0.3 is 0 Å². The third-order valence-corrected chi connectivity index (χ3v) is 4.70. The maximum Gasteiger partial charge on any atom is 0.230 e. The molecule has 0 spiro atoms. The zero-order chi connectivity index (χ0) is 17.4. The SMILES string of the molecule is CCc1ccccc1-n1cnnc1SCC(=O)NCCCC(C)C. The molecule has 0 aliphatic rings. The van der Waals surface area contributed by atoms with E-state index in [1.807, 2.05) is 16.7 Å². The predicted octanol–water partition coefficient (Wildman–Crippen LogP) is 3.47. The van der Waals surface area contributed by atoms with E-state index in [0.29, 0.717) is 11.7 Å². The maximum atomic E-state index is 12.0. The minimum atomic E-state index is 0.0436. The zero-order valence-corrected chi connectivity index (χ0v) is 15.5. The van der Waals surface area contributed by atoms with Crippen molar-refractivity contribution in [2.24, 2.45) is 5.92 Å². The number of hydrogen-bond donors (Lipinski definition) is 1. The van der Waals surface area contributed by atoms with E-state index in [2.05, 4.69) is 48.4 Å². The molecule has 5 nitrogen and oxygen atoms in total. The molecule has 2 rings (SSSR count). The molecule has 0 saturated carbocycles. The Kier molecular flexibility index (Phi) is 7.31. The molecule has 1 heterocycles. The molecule has 130 valence electrons. The van der Waals surface area contributed by atoms with Crippen LogP contribution >= 0.6 is 11.8 Å². The highest BCUT2D eigenvalue weighted by molar-refractivity contribution is 7.99. The Labute approximate surface area is 148 Å². The molecule has 6 heteroatoms. The third-order valence-electron chi connectivity index (χ3n) is 3.76. The van der Waals surface area contributed by atoms with Crippen molar-refractivity contribution in [3.63, 3.8) is 0 Å². The van der Waals surface area contributed by atoms with Gasteiger partial charge in [-0.05, 0) is 36.8 Å². The Hall–Kier alpha value is -1.82. The summed E-state index contributed by atoms with van der Waals surface area (Å²) in [5.74, 6) is 1.07. The van der Waals surface area contributed by atoms with Crippen LogP contribution in [0.25, 0.3) is 5.69 Å². The van der Waals surface area contributed by atoms with Gasteiger partial charge in [0, 0.05) is 6.54 Å². The van der Waals surface area contributed by atoms with E-state index >= 15 is 0 Å². The van der Waals surface area contributed by atoms with Crippen LogP contribution in [0.5, 0.6) is 0 Å². The van der Waals surface area contributed by atoms with Gasteiger partial charge in [-0.3, -0.25) is 9.36 Å². The summed E-state index contributed by atoms with van der Waals surface area (Å²) in [6, 6.07) is 8.19.